The lowest BCUT2D eigenvalue weighted by Gasteiger charge is -1.99. The molecule has 0 unspecified atom stereocenters. The lowest BCUT2D eigenvalue weighted by Crippen LogP contribution is -1.91. The molecule has 0 aliphatic heterocycles. The Balaban J connectivity index is 1.88. The number of nitrogens with zero attached hydrogens (tertiary/aromatic N) is 3. The summed E-state index contributed by atoms with van der Waals surface area (Å²) in [5.41, 5.74) is 2.45. The minimum absolute atomic E-state index is 0.223. The van der Waals surface area contributed by atoms with Gasteiger partial charge in [-0.15, -0.1) is 0 Å². The largest absolute Gasteiger partial charge is 0.508 e. The van der Waals surface area contributed by atoms with E-state index >= 15 is 0 Å². The van der Waals surface area contributed by atoms with Crippen LogP contribution < -0.4 is 0 Å². The second kappa shape index (κ2) is 5.13. The highest BCUT2D eigenvalue weighted by Gasteiger charge is 2.13. The zero-order valence-electron chi connectivity index (χ0n) is 10.9. The molecule has 0 radical (unpaired) electrons. The summed E-state index contributed by atoms with van der Waals surface area (Å²) in [7, 11) is 0. The Morgan fingerprint density at radius 1 is 1.15 bits per heavy atom. The number of para-hydroxylation sites is 1. The SMILES string of the molecule is Cc1cccnc1-c1noc(Cc2ccccc2O)n1. The average molecular weight is 267 g/mol. The van der Waals surface area contributed by atoms with Crippen molar-refractivity contribution < 1.29 is 9.63 Å². The fourth-order valence-electron chi connectivity index (χ4n) is 1.97. The lowest BCUT2D eigenvalue weighted by molar-refractivity contribution is 0.383. The van der Waals surface area contributed by atoms with Gasteiger partial charge >= 0.3 is 0 Å². The summed E-state index contributed by atoms with van der Waals surface area (Å²) in [5, 5.41) is 13.7. The Kier molecular flexibility index (Phi) is 3.16. The van der Waals surface area contributed by atoms with Gasteiger partial charge in [-0.1, -0.05) is 29.4 Å². The van der Waals surface area contributed by atoms with Crippen LogP contribution in [-0.4, -0.2) is 20.2 Å². The van der Waals surface area contributed by atoms with Crippen molar-refractivity contribution in [2.24, 2.45) is 0 Å². The van der Waals surface area contributed by atoms with Gasteiger partial charge in [0, 0.05) is 11.8 Å². The molecule has 3 rings (SSSR count). The maximum Gasteiger partial charge on any atom is 0.231 e. The number of aryl methyl sites for hydroxylation is 1. The second-order valence-corrected chi connectivity index (χ2v) is 4.49. The molecule has 0 fully saturated rings. The van der Waals surface area contributed by atoms with Crippen molar-refractivity contribution in [3.63, 3.8) is 0 Å². The van der Waals surface area contributed by atoms with Crippen molar-refractivity contribution in [1.29, 1.82) is 0 Å². The van der Waals surface area contributed by atoms with E-state index in [-0.39, 0.29) is 5.75 Å². The third-order valence-electron chi connectivity index (χ3n) is 3.02. The number of phenols is 1. The van der Waals surface area contributed by atoms with Gasteiger partial charge in [0.25, 0.3) is 0 Å². The van der Waals surface area contributed by atoms with Crippen molar-refractivity contribution in [2.75, 3.05) is 0 Å². The van der Waals surface area contributed by atoms with Crippen LogP contribution in [0.25, 0.3) is 11.5 Å². The number of rotatable bonds is 3. The van der Waals surface area contributed by atoms with E-state index in [2.05, 4.69) is 15.1 Å². The number of benzene rings is 1. The molecule has 0 spiro atoms. The van der Waals surface area contributed by atoms with Crippen LogP contribution in [0.2, 0.25) is 0 Å². The van der Waals surface area contributed by atoms with Crippen LogP contribution in [0.3, 0.4) is 0 Å². The minimum Gasteiger partial charge on any atom is -0.508 e. The van der Waals surface area contributed by atoms with Gasteiger partial charge in [-0.25, -0.2) is 0 Å². The molecule has 1 aromatic carbocycles. The standard InChI is InChI=1S/C15H13N3O2/c1-10-5-4-8-16-14(10)15-17-13(20-18-15)9-11-6-2-3-7-12(11)19/h2-8,19H,9H2,1H3. The van der Waals surface area contributed by atoms with Crippen LogP contribution >= 0.6 is 0 Å². The van der Waals surface area contributed by atoms with Crippen molar-refractivity contribution in [2.45, 2.75) is 13.3 Å². The average Bonchev–Trinajstić information content (AvgIpc) is 2.90. The van der Waals surface area contributed by atoms with Gasteiger partial charge in [0.15, 0.2) is 0 Å². The van der Waals surface area contributed by atoms with Gasteiger partial charge in [-0.2, -0.15) is 4.98 Å². The highest BCUT2D eigenvalue weighted by molar-refractivity contribution is 5.53. The van der Waals surface area contributed by atoms with Gasteiger partial charge in [0.1, 0.15) is 11.4 Å². The molecule has 1 N–H and O–H groups in total. The van der Waals surface area contributed by atoms with Gasteiger partial charge in [0.05, 0.1) is 6.42 Å². The van der Waals surface area contributed by atoms with Crippen LogP contribution in [0.1, 0.15) is 17.0 Å². The third-order valence-corrected chi connectivity index (χ3v) is 3.02. The van der Waals surface area contributed by atoms with E-state index < -0.39 is 0 Å². The topological polar surface area (TPSA) is 72.0 Å². The van der Waals surface area contributed by atoms with E-state index in [1.807, 2.05) is 31.2 Å². The van der Waals surface area contributed by atoms with E-state index in [1.54, 1.807) is 18.3 Å². The maximum absolute atomic E-state index is 9.74. The first-order chi connectivity index (χ1) is 9.74. The molecule has 0 aliphatic carbocycles. The van der Waals surface area contributed by atoms with Crippen LogP contribution in [0.15, 0.2) is 47.1 Å². The molecule has 0 saturated carbocycles. The van der Waals surface area contributed by atoms with E-state index in [0.717, 1.165) is 11.1 Å². The first-order valence-corrected chi connectivity index (χ1v) is 6.25. The van der Waals surface area contributed by atoms with Crippen LogP contribution in [0.5, 0.6) is 5.75 Å². The second-order valence-electron chi connectivity index (χ2n) is 4.49. The van der Waals surface area contributed by atoms with Crippen molar-refractivity contribution in [1.82, 2.24) is 15.1 Å². The summed E-state index contributed by atoms with van der Waals surface area (Å²) in [6.07, 6.45) is 2.09. The number of hydrogen-bond acceptors (Lipinski definition) is 5. The van der Waals surface area contributed by atoms with Crippen molar-refractivity contribution in [3.05, 3.63) is 59.6 Å². The molecule has 20 heavy (non-hydrogen) atoms. The number of pyridine rings is 1. The molecule has 0 saturated heterocycles. The van der Waals surface area contributed by atoms with Gasteiger partial charge in [0.2, 0.25) is 11.7 Å². The zero-order valence-corrected chi connectivity index (χ0v) is 10.9. The Bertz CT molecular complexity index is 737. The Hall–Kier alpha value is -2.69. The Morgan fingerprint density at radius 2 is 2.00 bits per heavy atom. The van der Waals surface area contributed by atoms with Crippen molar-refractivity contribution in [3.8, 4) is 17.3 Å². The molecule has 0 amide bonds. The summed E-state index contributed by atoms with van der Waals surface area (Å²) in [4.78, 5) is 8.58. The first-order valence-electron chi connectivity index (χ1n) is 6.25. The third kappa shape index (κ3) is 2.38. The number of phenolic OH excluding ortho intramolecular Hbond substituents is 1. The highest BCUT2D eigenvalue weighted by Crippen LogP contribution is 2.21. The smallest absolute Gasteiger partial charge is 0.231 e. The summed E-state index contributed by atoms with van der Waals surface area (Å²) >= 11 is 0. The molecular formula is C15H13N3O2. The molecule has 100 valence electrons. The van der Waals surface area contributed by atoms with E-state index in [0.29, 0.717) is 23.8 Å². The molecule has 0 atom stereocenters. The van der Waals surface area contributed by atoms with Crippen LogP contribution in [0.4, 0.5) is 0 Å². The molecular weight excluding hydrogens is 254 g/mol. The van der Waals surface area contributed by atoms with Gasteiger partial charge < -0.3 is 9.63 Å². The summed E-state index contributed by atoms with van der Waals surface area (Å²) < 4.78 is 5.22. The fourth-order valence-corrected chi connectivity index (χ4v) is 1.97. The first kappa shape index (κ1) is 12.3. The molecule has 2 aromatic heterocycles. The quantitative estimate of drug-likeness (QED) is 0.790. The monoisotopic (exact) mass is 267 g/mol. The van der Waals surface area contributed by atoms with E-state index in [9.17, 15) is 5.11 Å². The molecule has 5 heteroatoms. The lowest BCUT2D eigenvalue weighted by atomic mass is 10.1. The number of aromatic nitrogens is 3. The highest BCUT2D eigenvalue weighted by atomic mass is 16.5. The van der Waals surface area contributed by atoms with Crippen LogP contribution in [0, 0.1) is 6.92 Å². The number of hydrogen-bond donors (Lipinski definition) is 1. The molecule has 5 nitrogen and oxygen atoms in total. The summed E-state index contributed by atoms with van der Waals surface area (Å²) in [5.74, 6) is 1.14. The molecule has 3 aromatic rings. The predicted octanol–water partition coefficient (Wildman–Crippen LogP) is 2.74. The van der Waals surface area contributed by atoms with E-state index in [4.69, 9.17) is 4.52 Å². The fraction of sp³-hybridized carbons (Fsp3) is 0.133. The number of aromatic hydroxyl groups is 1. The Morgan fingerprint density at radius 3 is 2.80 bits per heavy atom. The van der Waals surface area contributed by atoms with Crippen molar-refractivity contribution >= 4 is 0 Å². The van der Waals surface area contributed by atoms with Gasteiger partial charge in [-0.3, -0.25) is 4.98 Å². The molecule has 0 aliphatic rings. The molecule has 2 heterocycles. The normalized spacial score (nSPS) is 10.7. The zero-order chi connectivity index (χ0) is 13.9. The van der Waals surface area contributed by atoms with Crippen LogP contribution in [-0.2, 0) is 6.42 Å². The predicted molar refractivity (Wildman–Crippen MR) is 73.2 cm³/mol. The summed E-state index contributed by atoms with van der Waals surface area (Å²) in [6.45, 7) is 1.95. The minimum atomic E-state index is 0.223. The summed E-state index contributed by atoms with van der Waals surface area (Å²) in [6, 6.07) is 10.9. The van der Waals surface area contributed by atoms with Gasteiger partial charge in [-0.05, 0) is 24.6 Å². The van der Waals surface area contributed by atoms with E-state index in [1.165, 1.54) is 0 Å². The maximum atomic E-state index is 9.74. The Labute approximate surface area is 115 Å². The molecule has 0 bridgehead atoms.